The molecule has 27 nitrogen and oxygen atoms in total. The maximum Gasteiger partial charge on any atom is 0.175 e. The molecule has 41 heavy (non-hydrogen) atoms. The van der Waals surface area contributed by atoms with Gasteiger partial charge >= 0.3 is 0 Å². The number of rotatable bonds is 11. The molecule has 0 atom stereocenters. The molecule has 0 aliphatic rings. The second kappa shape index (κ2) is 30.1. The average Bonchev–Trinajstić information content (AvgIpc) is 2.97. The standard InChI is InChI=1S/C13H5N27S/c14-13(41)16-11-9-7-5-3-1-2-4-6-8-10-12-17-19-21-23-25-27-29-31-33-35-37-39-40-38-36-34-32-30-28-26-24-22-20-18-15/h(H3,14,16,41)(H2,15,17,20,21,24,25,28,29,32,33,36,37,40). The van der Waals surface area contributed by atoms with Crippen LogP contribution in [0.3, 0.4) is 0 Å². The highest BCUT2D eigenvalue weighted by atomic mass is 32.1. The van der Waals surface area contributed by atoms with E-state index < -0.39 is 0 Å². The summed E-state index contributed by atoms with van der Waals surface area (Å²) >= 11 is 4.54. The van der Waals surface area contributed by atoms with Gasteiger partial charge in [0.2, 0.25) is 0 Å². The van der Waals surface area contributed by atoms with E-state index in [1.165, 1.54) is 0 Å². The van der Waals surface area contributed by atoms with Crippen LogP contribution in [0.2, 0.25) is 0 Å². The van der Waals surface area contributed by atoms with E-state index in [0.29, 0.717) is 0 Å². The number of nitrogens with zero attached hydrogens (tertiary/aromatic N) is 24. The van der Waals surface area contributed by atoms with E-state index in [-0.39, 0.29) is 5.11 Å². The van der Waals surface area contributed by atoms with E-state index in [9.17, 15) is 0 Å². The van der Waals surface area contributed by atoms with Crippen molar-refractivity contribution in [2.24, 2.45) is 137 Å². The molecule has 0 saturated heterocycles. The van der Waals surface area contributed by atoms with Gasteiger partial charge in [0.1, 0.15) is 0 Å². The van der Waals surface area contributed by atoms with Crippen LogP contribution >= 0.6 is 12.2 Å². The monoisotopic (exact) mass is 571 g/mol. The summed E-state index contributed by atoms with van der Waals surface area (Å²) in [6.07, 6.45) is 0. The number of hydrogen-bond acceptors (Lipinski definition) is 3. The van der Waals surface area contributed by atoms with Crippen molar-refractivity contribution < 1.29 is 0 Å². The molecule has 0 bridgehead atoms. The van der Waals surface area contributed by atoms with Crippen molar-refractivity contribution in [1.82, 2.24) is 5.32 Å². The summed E-state index contributed by atoms with van der Waals surface area (Å²) < 4.78 is 0. The number of hydrogen-bond donors (Lipinski definition) is 3. The van der Waals surface area contributed by atoms with E-state index in [1.807, 2.05) is 0 Å². The minimum Gasteiger partial charge on any atom is -0.376 e. The zero-order valence-electron chi connectivity index (χ0n) is 19.3. The highest BCUT2D eigenvalue weighted by Gasteiger charge is 1.74. The smallest absolute Gasteiger partial charge is 0.175 e. The average molecular weight is 571 g/mol. The fourth-order valence-corrected chi connectivity index (χ4v) is 0.901. The summed E-state index contributed by atoms with van der Waals surface area (Å²) in [5.74, 6) is 28.7. The predicted octanol–water partition coefficient (Wildman–Crippen LogP) is 3.12. The summed E-state index contributed by atoms with van der Waals surface area (Å²) in [7, 11) is 0. The summed E-state index contributed by atoms with van der Waals surface area (Å²) in [6, 6.07) is 4.59. The Morgan fingerprint density at radius 2 is 0.707 bits per heavy atom. The Hall–Kier alpha value is -7.95. The van der Waals surface area contributed by atoms with Crippen molar-refractivity contribution in [2.45, 2.75) is 0 Å². The topological polar surface area (TPSA) is 361 Å². The van der Waals surface area contributed by atoms with Crippen molar-refractivity contribution in [3.8, 4) is 71.3 Å². The van der Waals surface area contributed by atoms with Crippen LogP contribution in [-0.2, 0) is 0 Å². The quantitative estimate of drug-likeness (QED) is 0.0839. The lowest BCUT2D eigenvalue weighted by atomic mass is 10.5. The van der Waals surface area contributed by atoms with Crippen molar-refractivity contribution >= 4 is 17.3 Å². The number of nitrogens with one attached hydrogen (secondary N) is 1. The highest BCUT2D eigenvalue weighted by Crippen LogP contribution is 1.90. The molecule has 0 aliphatic heterocycles. The molecule has 28 heteroatoms. The first-order chi connectivity index (χ1) is 20.3. The van der Waals surface area contributed by atoms with Gasteiger partial charge in [-0.2, -0.15) is 0 Å². The van der Waals surface area contributed by atoms with Crippen LogP contribution in [-0.4, -0.2) is 5.11 Å². The normalized spacial score (nSPS) is 11.3. The molecule has 0 amide bonds. The molecule has 198 valence electrons. The zero-order valence-corrected chi connectivity index (χ0v) is 20.1. The summed E-state index contributed by atoms with van der Waals surface area (Å²) in [4.78, 5) is 0. The van der Waals surface area contributed by atoms with E-state index in [0.717, 1.165) is 0 Å². The van der Waals surface area contributed by atoms with Crippen LogP contribution in [0.15, 0.2) is 125 Å². The van der Waals surface area contributed by atoms with Gasteiger partial charge in [0.25, 0.3) is 0 Å². The van der Waals surface area contributed by atoms with Crippen molar-refractivity contribution in [2.75, 3.05) is 0 Å². The van der Waals surface area contributed by atoms with Crippen molar-refractivity contribution in [3.05, 3.63) is 0 Å². The summed E-state index contributed by atoms with van der Waals surface area (Å²) in [6.45, 7) is 0. The first kappa shape index (κ1) is 33.1. The Kier molecular flexibility index (Phi) is 24.2. The SMILES string of the molecule is N/N=N/N=N/N=N/N=N/N=N/N=N/N=N/N=N/N=N/N=N/N=N/N=NC#CC#CC#CC#CC#CC#CNC(N)=S. The van der Waals surface area contributed by atoms with Gasteiger partial charge in [0, 0.05) is 102 Å². The molecule has 0 saturated carbocycles. The van der Waals surface area contributed by atoms with Crippen LogP contribution in [0.25, 0.3) is 0 Å². The van der Waals surface area contributed by atoms with Crippen molar-refractivity contribution in [3.63, 3.8) is 0 Å². The predicted molar refractivity (Wildman–Crippen MR) is 129 cm³/mol. The van der Waals surface area contributed by atoms with Crippen LogP contribution < -0.4 is 16.9 Å². The van der Waals surface area contributed by atoms with Crippen molar-refractivity contribution in [1.29, 1.82) is 0 Å². The molecule has 0 unspecified atom stereocenters. The minimum absolute atomic E-state index is 0.0445. The molecular formula is C13H5N27S. The fourth-order valence-electron chi connectivity index (χ4n) is 0.850. The Morgan fingerprint density at radius 1 is 0.415 bits per heavy atom. The summed E-state index contributed by atoms with van der Waals surface area (Å²) in [5.41, 5.74) is 5.16. The third kappa shape index (κ3) is 32.1. The molecular weight excluding hydrogens is 566 g/mol. The fraction of sp³-hybridized carbons (Fsp3) is 0. The van der Waals surface area contributed by atoms with Gasteiger partial charge in [-0.1, -0.05) is 10.3 Å². The third-order valence-corrected chi connectivity index (χ3v) is 1.96. The lowest BCUT2D eigenvalue weighted by Gasteiger charge is -1.85. The molecule has 0 heterocycles. The molecule has 0 fully saturated rings. The lowest BCUT2D eigenvalue weighted by molar-refractivity contribution is 0.733. The second-order valence-corrected chi connectivity index (χ2v) is 4.60. The van der Waals surface area contributed by atoms with E-state index in [2.05, 4.69) is 220 Å². The molecule has 0 aliphatic carbocycles. The molecule has 0 aromatic heterocycles. The first-order valence-electron chi connectivity index (χ1n) is 8.82. The maximum absolute atomic E-state index is 5.16. The van der Waals surface area contributed by atoms with Gasteiger partial charge in [-0.25, -0.2) is 0 Å². The zero-order chi connectivity index (χ0) is 29.7. The van der Waals surface area contributed by atoms with Crippen LogP contribution in [0, 0.1) is 71.3 Å². The Morgan fingerprint density at radius 3 is 1.05 bits per heavy atom. The first-order valence-corrected chi connectivity index (χ1v) is 9.23. The van der Waals surface area contributed by atoms with Gasteiger partial charge in [0.05, 0.1) is 6.04 Å². The summed E-state index contributed by atoms with van der Waals surface area (Å²) in [5, 5.41) is 74.9. The highest BCUT2D eigenvalue weighted by molar-refractivity contribution is 7.80. The van der Waals surface area contributed by atoms with E-state index in [4.69, 9.17) is 5.73 Å². The maximum atomic E-state index is 5.16. The molecule has 0 radical (unpaired) electrons. The van der Waals surface area contributed by atoms with Gasteiger partial charge in [-0.05, 0) is 90.6 Å². The third-order valence-electron chi connectivity index (χ3n) is 1.85. The van der Waals surface area contributed by atoms with E-state index >= 15 is 0 Å². The van der Waals surface area contributed by atoms with Gasteiger partial charge in [0.15, 0.2) is 5.11 Å². The van der Waals surface area contributed by atoms with Gasteiger partial charge < -0.3 is 11.6 Å². The largest absolute Gasteiger partial charge is 0.376 e. The molecule has 5 N–H and O–H groups in total. The Labute approximate surface area is 231 Å². The molecule has 0 spiro atoms. The second-order valence-electron chi connectivity index (χ2n) is 4.16. The Balaban J connectivity index is 4.16. The minimum atomic E-state index is 0.0445. The Bertz CT molecular complexity index is 1580. The van der Waals surface area contributed by atoms with Gasteiger partial charge in [-0.3, -0.25) is 5.32 Å². The molecule has 0 rings (SSSR count). The molecule has 0 aromatic carbocycles. The van der Waals surface area contributed by atoms with Crippen LogP contribution in [0.5, 0.6) is 0 Å². The lowest BCUT2D eigenvalue weighted by Crippen LogP contribution is -2.24. The van der Waals surface area contributed by atoms with Gasteiger partial charge in [-0.15, -0.1) is 0 Å². The molecule has 0 aromatic rings. The van der Waals surface area contributed by atoms with Crippen LogP contribution in [0.4, 0.5) is 0 Å². The number of nitrogens with two attached hydrogens (primary N) is 2. The number of thiocarbonyl (C=S) groups is 1. The van der Waals surface area contributed by atoms with Crippen LogP contribution in [0.1, 0.15) is 0 Å². The van der Waals surface area contributed by atoms with E-state index in [1.54, 1.807) is 0 Å².